The molecule has 1 unspecified atom stereocenters. The van der Waals surface area contributed by atoms with Crippen molar-refractivity contribution in [2.75, 3.05) is 40.0 Å². The zero-order valence-electron chi connectivity index (χ0n) is 18.6. The monoisotopic (exact) mass is 440 g/mol. The number of nitrogens with one attached hydrogen (secondary N) is 2. The third-order valence-corrected chi connectivity index (χ3v) is 6.99. The Morgan fingerprint density at radius 3 is 2.63 bits per heavy atom. The van der Waals surface area contributed by atoms with Crippen molar-refractivity contribution in [3.05, 3.63) is 29.8 Å². The topological polar surface area (TPSA) is 92.3 Å². The zero-order chi connectivity index (χ0) is 22.0. The van der Waals surface area contributed by atoms with Gasteiger partial charge in [-0.2, -0.15) is 4.31 Å². The molecule has 170 valence electrons. The lowest BCUT2D eigenvalue weighted by Gasteiger charge is -2.21. The Bertz CT molecular complexity index is 760. The van der Waals surface area contributed by atoms with Gasteiger partial charge in [-0.05, 0) is 51.3 Å². The molecule has 1 heterocycles. The minimum absolute atomic E-state index is 0.0927. The number of hydrogen-bond acceptors (Lipinski definition) is 5. The van der Waals surface area contributed by atoms with Crippen LogP contribution >= 0.6 is 0 Å². The van der Waals surface area contributed by atoms with E-state index in [1.165, 1.54) is 4.31 Å². The lowest BCUT2D eigenvalue weighted by molar-refractivity contribution is 0.0420. The van der Waals surface area contributed by atoms with E-state index in [0.29, 0.717) is 24.7 Å². The summed E-state index contributed by atoms with van der Waals surface area (Å²) in [4.78, 5) is 4.88. The highest BCUT2D eigenvalue weighted by Crippen LogP contribution is 2.17. The first-order valence-corrected chi connectivity index (χ1v) is 12.1. The van der Waals surface area contributed by atoms with Crippen LogP contribution in [0.2, 0.25) is 0 Å². The number of benzene rings is 1. The average molecular weight is 441 g/mol. The molecule has 0 amide bonds. The van der Waals surface area contributed by atoms with Gasteiger partial charge in [0.1, 0.15) is 0 Å². The SMILES string of the molecule is CCNC(=NCc1ccc(S(=O)(=O)N(C)C(C)C)cc1)NCCCOC1CCOC1. The average Bonchev–Trinajstić information content (AvgIpc) is 3.24. The molecular formula is C21H36N4O4S. The van der Waals surface area contributed by atoms with Crippen LogP contribution in [-0.2, 0) is 26.0 Å². The Morgan fingerprint density at radius 2 is 2.03 bits per heavy atom. The van der Waals surface area contributed by atoms with Crippen molar-refractivity contribution in [3.8, 4) is 0 Å². The van der Waals surface area contributed by atoms with Crippen molar-refractivity contribution < 1.29 is 17.9 Å². The number of guanidine groups is 1. The predicted molar refractivity (Wildman–Crippen MR) is 119 cm³/mol. The molecule has 1 aliphatic rings. The van der Waals surface area contributed by atoms with E-state index in [0.717, 1.165) is 44.1 Å². The molecule has 0 aromatic heterocycles. The molecule has 9 heteroatoms. The lowest BCUT2D eigenvalue weighted by Crippen LogP contribution is -2.38. The second-order valence-electron chi connectivity index (χ2n) is 7.59. The Labute approximate surface area is 181 Å². The van der Waals surface area contributed by atoms with Gasteiger partial charge in [0, 0.05) is 39.4 Å². The minimum atomic E-state index is -3.47. The molecule has 0 saturated carbocycles. The fourth-order valence-electron chi connectivity index (χ4n) is 2.90. The highest BCUT2D eigenvalue weighted by molar-refractivity contribution is 7.89. The summed E-state index contributed by atoms with van der Waals surface area (Å²) < 4.78 is 37.5. The van der Waals surface area contributed by atoms with Gasteiger partial charge in [0.25, 0.3) is 0 Å². The van der Waals surface area contributed by atoms with Crippen LogP contribution in [-0.4, -0.2) is 70.8 Å². The third-order valence-electron chi connectivity index (χ3n) is 4.95. The molecule has 1 aromatic rings. The molecule has 0 spiro atoms. The van der Waals surface area contributed by atoms with Crippen molar-refractivity contribution in [1.82, 2.24) is 14.9 Å². The van der Waals surface area contributed by atoms with Gasteiger partial charge in [-0.15, -0.1) is 0 Å². The molecule has 1 aliphatic heterocycles. The van der Waals surface area contributed by atoms with E-state index in [1.807, 2.05) is 32.9 Å². The van der Waals surface area contributed by atoms with Crippen LogP contribution in [0.25, 0.3) is 0 Å². The summed E-state index contributed by atoms with van der Waals surface area (Å²) in [5.74, 6) is 0.734. The maximum atomic E-state index is 12.6. The van der Waals surface area contributed by atoms with E-state index in [1.54, 1.807) is 19.2 Å². The molecule has 8 nitrogen and oxygen atoms in total. The van der Waals surface area contributed by atoms with Gasteiger partial charge in [0.05, 0.1) is 24.2 Å². The van der Waals surface area contributed by atoms with Crippen molar-refractivity contribution in [2.24, 2.45) is 4.99 Å². The molecule has 0 radical (unpaired) electrons. The summed E-state index contributed by atoms with van der Waals surface area (Å²) in [7, 11) is -1.87. The number of sulfonamides is 1. The summed E-state index contributed by atoms with van der Waals surface area (Å²) >= 11 is 0. The second-order valence-corrected chi connectivity index (χ2v) is 9.59. The van der Waals surface area contributed by atoms with Crippen LogP contribution in [0.5, 0.6) is 0 Å². The van der Waals surface area contributed by atoms with E-state index in [2.05, 4.69) is 15.6 Å². The summed E-state index contributed by atoms with van der Waals surface area (Å²) in [6.07, 6.45) is 2.10. The normalized spacial score (nSPS) is 17.7. The van der Waals surface area contributed by atoms with Crippen molar-refractivity contribution in [2.45, 2.75) is 57.2 Å². The summed E-state index contributed by atoms with van der Waals surface area (Å²) in [5.41, 5.74) is 0.947. The third kappa shape index (κ3) is 7.54. The van der Waals surface area contributed by atoms with E-state index in [4.69, 9.17) is 9.47 Å². The molecule has 1 aromatic carbocycles. The molecule has 1 atom stereocenters. The maximum absolute atomic E-state index is 12.6. The van der Waals surface area contributed by atoms with Gasteiger partial charge in [0.2, 0.25) is 10.0 Å². The number of hydrogen-bond donors (Lipinski definition) is 2. The van der Waals surface area contributed by atoms with Crippen LogP contribution in [0.4, 0.5) is 0 Å². The molecule has 0 aliphatic carbocycles. The smallest absolute Gasteiger partial charge is 0.243 e. The largest absolute Gasteiger partial charge is 0.379 e. The quantitative estimate of drug-likeness (QED) is 0.311. The molecule has 1 fully saturated rings. The maximum Gasteiger partial charge on any atom is 0.243 e. The predicted octanol–water partition coefficient (Wildman–Crippen LogP) is 1.97. The first-order valence-electron chi connectivity index (χ1n) is 10.6. The highest BCUT2D eigenvalue weighted by Gasteiger charge is 2.22. The molecule has 2 N–H and O–H groups in total. The van der Waals surface area contributed by atoms with Crippen molar-refractivity contribution in [3.63, 3.8) is 0 Å². The van der Waals surface area contributed by atoms with Gasteiger partial charge >= 0.3 is 0 Å². The van der Waals surface area contributed by atoms with Crippen molar-refractivity contribution >= 4 is 16.0 Å². The van der Waals surface area contributed by atoms with Crippen LogP contribution in [0.1, 0.15) is 39.2 Å². The van der Waals surface area contributed by atoms with Crippen LogP contribution in [0.3, 0.4) is 0 Å². The van der Waals surface area contributed by atoms with Crippen LogP contribution in [0, 0.1) is 0 Å². The number of aliphatic imine (C=N–C) groups is 1. The molecular weight excluding hydrogens is 404 g/mol. The van der Waals surface area contributed by atoms with E-state index >= 15 is 0 Å². The number of rotatable bonds is 11. The summed E-state index contributed by atoms with van der Waals surface area (Å²) in [5, 5.41) is 6.53. The Kier molecular flexibility index (Phi) is 10.0. The fraction of sp³-hybridized carbons (Fsp3) is 0.667. The van der Waals surface area contributed by atoms with E-state index in [9.17, 15) is 8.42 Å². The van der Waals surface area contributed by atoms with Gasteiger partial charge in [-0.25, -0.2) is 13.4 Å². The summed E-state index contributed by atoms with van der Waals surface area (Å²) in [6.45, 7) is 9.90. The first-order chi connectivity index (χ1) is 14.3. The Morgan fingerprint density at radius 1 is 1.30 bits per heavy atom. The standard InChI is InChI=1S/C21H36N4O4S/c1-5-22-21(23-12-6-13-29-19-11-14-28-16-19)24-15-18-7-9-20(10-8-18)30(26,27)25(4)17(2)3/h7-10,17,19H,5-6,11-16H2,1-4H3,(H2,22,23,24). The number of nitrogens with zero attached hydrogens (tertiary/aromatic N) is 2. The molecule has 30 heavy (non-hydrogen) atoms. The summed E-state index contributed by atoms with van der Waals surface area (Å²) in [6, 6.07) is 6.81. The minimum Gasteiger partial charge on any atom is -0.379 e. The van der Waals surface area contributed by atoms with E-state index in [-0.39, 0.29) is 12.1 Å². The zero-order valence-corrected chi connectivity index (χ0v) is 19.4. The van der Waals surface area contributed by atoms with Gasteiger partial charge < -0.3 is 20.1 Å². The van der Waals surface area contributed by atoms with Crippen LogP contribution < -0.4 is 10.6 Å². The molecule has 1 saturated heterocycles. The van der Waals surface area contributed by atoms with Gasteiger partial charge in [-0.3, -0.25) is 0 Å². The first kappa shape index (κ1) is 24.6. The van der Waals surface area contributed by atoms with Gasteiger partial charge in [-0.1, -0.05) is 12.1 Å². The van der Waals surface area contributed by atoms with Crippen LogP contribution in [0.15, 0.2) is 34.2 Å². The van der Waals surface area contributed by atoms with Crippen molar-refractivity contribution in [1.29, 1.82) is 0 Å². The molecule has 0 bridgehead atoms. The second kappa shape index (κ2) is 12.2. The number of ether oxygens (including phenoxy) is 2. The lowest BCUT2D eigenvalue weighted by atomic mass is 10.2. The highest BCUT2D eigenvalue weighted by atomic mass is 32.2. The molecule has 2 rings (SSSR count). The fourth-order valence-corrected chi connectivity index (χ4v) is 4.26. The Hall–Kier alpha value is -1.68. The van der Waals surface area contributed by atoms with Gasteiger partial charge in [0.15, 0.2) is 5.96 Å². The Balaban J connectivity index is 1.84. The van der Waals surface area contributed by atoms with E-state index < -0.39 is 10.0 Å².